The van der Waals surface area contributed by atoms with E-state index < -0.39 is 49.2 Å². The van der Waals surface area contributed by atoms with Crippen molar-refractivity contribution < 1.29 is 27.8 Å². The highest BCUT2D eigenvalue weighted by molar-refractivity contribution is 9.09. The Balaban J connectivity index is 1.59. The largest absolute Gasteiger partial charge is 0.375 e. The highest BCUT2D eigenvalue weighted by Crippen LogP contribution is 2.32. The van der Waals surface area contributed by atoms with Crippen molar-refractivity contribution in [2.24, 2.45) is 0 Å². The van der Waals surface area contributed by atoms with Gasteiger partial charge in [0.25, 0.3) is 0 Å². The first kappa shape index (κ1) is 21.2. The van der Waals surface area contributed by atoms with Crippen molar-refractivity contribution in [3.63, 3.8) is 0 Å². The Bertz CT molecular complexity index is 1070. The average molecular weight is 530 g/mol. The summed E-state index contributed by atoms with van der Waals surface area (Å²) < 4.78 is 56.0. The van der Waals surface area contributed by atoms with Crippen molar-refractivity contribution >= 4 is 15.9 Å². The molecule has 6 heteroatoms. The number of benzene rings is 3. The number of methoxy groups -OCH3 is 1. The fourth-order valence-corrected chi connectivity index (χ4v) is 4.51. The predicted molar refractivity (Wildman–Crippen MR) is 135 cm³/mol. The van der Waals surface area contributed by atoms with Gasteiger partial charge < -0.3 is 23.7 Å². The molecule has 4 unspecified atom stereocenters. The van der Waals surface area contributed by atoms with E-state index in [9.17, 15) is 0 Å². The number of alkyl halides is 1. The van der Waals surface area contributed by atoms with Crippen LogP contribution in [0.4, 0.5) is 0 Å². The lowest BCUT2D eigenvalue weighted by molar-refractivity contribution is -0.246. The van der Waals surface area contributed by atoms with Crippen LogP contribution in [0.5, 0.6) is 0 Å². The first-order valence-corrected chi connectivity index (χ1v) is 12.1. The summed E-state index contributed by atoms with van der Waals surface area (Å²) in [5, 5.41) is -0.583. The molecule has 1 aliphatic rings. The molecule has 1 heterocycles. The monoisotopic (exact) mass is 529 g/mol. The molecule has 1 aliphatic heterocycles. The van der Waals surface area contributed by atoms with Crippen LogP contribution in [0.15, 0.2) is 91.0 Å². The molecule has 3 aromatic rings. The highest BCUT2D eigenvalue weighted by Gasteiger charge is 2.47. The van der Waals surface area contributed by atoms with E-state index in [0.717, 1.165) is 0 Å². The maximum atomic E-state index is 8.69. The van der Waals surface area contributed by atoms with Gasteiger partial charge in [0, 0.05) is 7.11 Å². The zero-order chi connectivity index (χ0) is 26.2. The molecule has 0 radical (unpaired) electrons. The second kappa shape index (κ2) is 13.1. The fraction of sp³-hybridized carbons (Fsp3) is 0.357. The Labute approximate surface area is 214 Å². The van der Waals surface area contributed by atoms with Crippen LogP contribution in [0.3, 0.4) is 0 Å². The highest BCUT2D eigenvalue weighted by atomic mass is 79.9. The second-order valence-corrected chi connectivity index (χ2v) is 8.75. The number of ether oxygens (including phenoxy) is 5. The minimum absolute atomic E-state index is 0.0155. The van der Waals surface area contributed by atoms with Gasteiger partial charge in [-0.3, -0.25) is 0 Å². The Kier molecular flexibility index (Phi) is 8.21. The van der Waals surface area contributed by atoms with Gasteiger partial charge in [-0.25, -0.2) is 0 Å². The number of rotatable bonds is 11. The molecule has 1 fully saturated rings. The molecule has 3 aromatic carbocycles. The molecule has 0 aromatic heterocycles. The number of hydrogen-bond donors (Lipinski definition) is 0. The Morgan fingerprint density at radius 2 is 1.18 bits per heavy atom. The third kappa shape index (κ3) is 6.98. The molecule has 0 bridgehead atoms. The van der Waals surface area contributed by atoms with E-state index in [1.54, 1.807) is 7.11 Å². The van der Waals surface area contributed by atoms with Gasteiger partial charge in [0.2, 0.25) is 0 Å². The summed E-state index contributed by atoms with van der Waals surface area (Å²) in [5.74, 6) is 0. The van der Waals surface area contributed by atoms with Crippen molar-refractivity contribution in [1.29, 1.82) is 0 Å². The molecule has 0 spiro atoms. The molecule has 0 saturated carbocycles. The second-order valence-electron chi connectivity index (χ2n) is 7.85. The van der Waals surface area contributed by atoms with Crippen molar-refractivity contribution in [3.8, 4) is 0 Å². The van der Waals surface area contributed by atoms with Crippen LogP contribution in [-0.2, 0) is 43.4 Å². The smallest absolute Gasteiger partial charge is 0.141 e. The molecule has 1 saturated heterocycles. The van der Waals surface area contributed by atoms with Crippen LogP contribution in [0.25, 0.3) is 0 Å². The maximum absolute atomic E-state index is 8.69. The summed E-state index contributed by atoms with van der Waals surface area (Å²) in [5.41, 5.74) is 2.07. The van der Waals surface area contributed by atoms with Gasteiger partial charge >= 0.3 is 0 Å². The average Bonchev–Trinajstić information content (AvgIpc) is 2.94. The maximum Gasteiger partial charge on any atom is 0.141 e. The topological polar surface area (TPSA) is 46.2 Å². The van der Waals surface area contributed by atoms with E-state index in [2.05, 4.69) is 15.9 Å². The van der Waals surface area contributed by atoms with Gasteiger partial charge in [0.1, 0.15) is 29.4 Å². The normalized spacial score (nSPS) is 28.8. The van der Waals surface area contributed by atoms with Gasteiger partial charge in [-0.1, -0.05) is 107 Å². The van der Waals surface area contributed by atoms with E-state index in [-0.39, 0.29) is 6.61 Å². The first-order valence-electron chi connectivity index (χ1n) is 12.9. The molecule has 0 aliphatic carbocycles. The van der Waals surface area contributed by atoms with Crippen LogP contribution in [0.1, 0.15) is 20.8 Å². The third-order valence-electron chi connectivity index (χ3n) is 5.45. The van der Waals surface area contributed by atoms with Gasteiger partial charge in [-0.05, 0) is 16.7 Å². The molecule has 4 rings (SSSR count). The third-order valence-corrected chi connectivity index (χ3v) is 6.19. The summed E-state index contributed by atoms with van der Waals surface area (Å²) >= 11 is 3.54. The lowest BCUT2D eigenvalue weighted by atomic mass is 9.99. The first-order chi connectivity index (χ1) is 18.0. The molecule has 0 N–H and O–H groups in total. The molecule has 8 atom stereocenters. The van der Waals surface area contributed by atoms with E-state index in [4.69, 9.17) is 27.8 Å². The van der Waals surface area contributed by atoms with Crippen LogP contribution in [-0.4, -0.2) is 43.1 Å². The predicted octanol–water partition coefficient (Wildman–Crippen LogP) is 5.51. The van der Waals surface area contributed by atoms with Crippen molar-refractivity contribution in [1.82, 2.24) is 0 Å². The van der Waals surface area contributed by atoms with E-state index in [1.807, 2.05) is 91.0 Å². The lowest BCUT2D eigenvalue weighted by Gasteiger charge is -2.44. The minimum Gasteiger partial charge on any atom is -0.375 e. The zero-order valence-electron chi connectivity index (χ0n) is 21.9. The van der Waals surface area contributed by atoms with E-state index >= 15 is 0 Å². The number of hydrogen-bond acceptors (Lipinski definition) is 5. The standard InChI is InChI=1S/C28H31BrO5/c1-30-27-26(33-19-23-15-9-4-10-16-23)25(32-18-22-13-7-3-8-14-22)24(34-28(27)29)20-31-17-21-11-5-2-6-12-21/h2-16,24-28H,17-20H2,1H3/t24-,25-,26+,27-,28?/m1/s1/i17D,18D,19D/t17?,18?,19?,24-,25-,26+,27-,28?. The van der Waals surface area contributed by atoms with Crippen LogP contribution in [0, 0.1) is 0 Å². The summed E-state index contributed by atoms with van der Waals surface area (Å²) in [6.07, 6.45) is -2.91. The Hall–Kier alpha value is -2.06. The molecule has 34 heavy (non-hydrogen) atoms. The Morgan fingerprint density at radius 1 is 0.706 bits per heavy atom. The van der Waals surface area contributed by atoms with Crippen molar-refractivity contribution in [3.05, 3.63) is 108 Å². The molecule has 180 valence electrons. The molecule has 5 nitrogen and oxygen atoms in total. The quantitative estimate of drug-likeness (QED) is 0.306. The molecular formula is C28H31BrO5. The minimum atomic E-state index is -1.03. The van der Waals surface area contributed by atoms with E-state index in [0.29, 0.717) is 16.7 Å². The summed E-state index contributed by atoms with van der Waals surface area (Å²) in [7, 11) is 1.54. The van der Waals surface area contributed by atoms with Crippen molar-refractivity contribution in [2.45, 2.75) is 49.2 Å². The van der Waals surface area contributed by atoms with Gasteiger partial charge in [0.15, 0.2) is 0 Å². The Morgan fingerprint density at radius 3 is 1.68 bits per heavy atom. The zero-order valence-corrected chi connectivity index (χ0v) is 20.5. The SMILES string of the molecule is [2H]C(OC[C@H]1OC(Br)[C@H](OC)[C@@H](OC([2H])c2ccccc2)[C@@H]1OC([2H])c1ccccc1)c1ccccc1. The molecular weight excluding hydrogens is 496 g/mol. The summed E-state index contributed by atoms with van der Waals surface area (Å²) in [4.78, 5) is 0. The van der Waals surface area contributed by atoms with Crippen molar-refractivity contribution in [2.75, 3.05) is 13.7 Å². The van der Waals surface area contributed by atoms with Gasteiger partial charge in [-0.15, -0.1) is 0 Å². The van der Waals surface area contributed by atoms with Crippen LogP contribution >= 0.6 is 15.9 Å². The van der Waals surface area contributed by atoms with Gasteiger partial charge in [-0.2, -0.15) is 0 Å². The molecule has 0 amide bonds. The number of halogens is 1. The van der Waals surface area contributed by atoms with E-state index in [1.165, 1.54) is 0 Å². The summed E-state index contributed by atoms with van der Waals surface area (Å²) in [6.45, 7) is -2.95. The van der Waals surface area contributed by atoms with Gasteiger partial charge in [0.05, 0.1) is 30.5 Å². The van der Waals surface area contributed by atoms with Crippen LogP contribution in [0.2, 0.25) is 0 Å². The fourth-order valence-electron chi connectivity index (χ4n) is 3.71. The van der Waals surface area contributed by atoms with Crippen LogP contribution < -0.4 is 0 Å². The lowest BCUT2D eigenvalue weighted by Crippen LogP contribution is -2.59. The summed E-state index contributed by atoms with van der Waals surface area (Å²) in [6, 6.07) is 27.7.